The Kier molecular flexibility index (Phi) is 4.16. The number of hydrogen-bond acceptors (Lipinski definition) is 3. The summed E-state index contributed by atoms with van der Waals surface area (Å²) in [6.45, 7) is 0.970. The van der Waals surface area contributed by atoms with Crippen molar-refractivity contribution in [1.82, 2.24) is 14.5 Å². The molecule has 2 atom stereocenters. The molecule has 1 aliphatic heterocycles. The second kappa shape index (κ2) is 6.26. The summed E-state index contributed by atoms with van der Waals surface area (Å²) in [5.41, 5.74) is 0. The predicted octanol–water partition coefficient (Wildman–Crippen LogP) is 3.49. The Hall–Kier alpha value is -0.970. The molecule has 4 rings (SSSR count). The number of carbonyl (C=O) groups is 1. The Labute approximate surface area is 136 Å². The summed E-state index contributed by atoms with van der Waals surface area (Å²) in [6.07, 6.45) is 14.2. The summed E-state index contributed by atoms with van der Waals surface area (Å²) in [6, 6.07) is 1.16. The van der Waals surface area contributed by atoms with Crippen molar-refractivity contribution < 1.29 is 4.79 Å². The fourth-order valence-corrected chi connectivity index (χ4v) is 5.10. The number of rotatable bonds is 4. The minimum absolute atomic E-state index is 0.326. The Morgan fingerprint density at radius 3 is 2.86 bits per heavy atom. The first-order chi connectivity index (χ1) is 10.8. The van der Waals surface area contributed by atoms with Gasteiger partial charge in [0.05, 0.1) is 5.75 Å². The van der Waals surface area contributed by atoms with E-state index in [2.05, 4.69) is 20.6 Å². The Morgan fingerprint density at radius 1 is 1.18 bits per heavy atom. The summed E-state index contributed by atoms with van der Waals surface area (Å²) >= 11 is 1.62. The van der Waals surface area contributed by atoms with Gasteiger partial charge in [0.15, 0.2) is 5.16 Å². The second-order valence-electron chi connectivity index (χ2n) is 6.98. The highest BCUT2D eigenvalue weighted by Gasteiger charge is 2.35. The van der Waals surface area contributed by atoms with Gasteiger partial charge < -0.3 is 9.47 Å². The van der Waals surface area contributed by atoms with Crippen LogP contribution < -0.4 is 0 Å². The largest absolute Gasteiger partial charge is 0.339 e. The van der Waals surface area contributed by atoms with Gasteiger partial charge in [0.25, 0.3) is 0 Å². The van der Waals surface area contributed by atoms with Crippen molar-refractivity contribution in [3.63, 3.8) is 0 Å². The molecule has 2 saturated carbocycles. The van der Waals surface area contributed by atoms with Crippen LogP contribution in [-0.2, 0) is 4.79 Å². The molecule has 1 aromatic heterocycles. The quantitative estimate of drug-likeness (QED) is 0.797. The highest BCUT2D eigenvalue weighted by Crippen LogP contribution is 2.38. The summed E-state index contributed by atoms with van der Waals surface area (Å²) in [4.78, 5) is 19.3. The molecule has 0 bridgehead atoms. The number of carbonyl (C=O) groups excluding carboxylic acids is 1. The molecule has 0 radical (unpaired) electrons. The van der Waals surface area contributed by atoms with E-state index in [0.717, 1.165) is 17.6 Å². The van der Waals surface area contributed by atoms with Crippen LogP contribution in [0.1, 0.15) is 57.4 Å². The number of fused-ring (bicyclic) bond motifs is 1. The summed E-state index contributed by atoms with van der Waals surface area (Å²) in [5.74, 6) is 1.64. The number of amides is 1. The number of nitrogens with zero attached hydrogens (tertiary/aromatic N) is 3. The van der Waals surface area contributed by atoms with Gasteiger partial charge in [-0.05, 0) is 44.4 Å². The zero-order valence-electron chi connectivity index (χ0n) is 13.1. The maximum Gasteiger partial charge on any atom is 0.233 e. The number of thioether (sulfide) groups is 1. The van der Waals surface area contributed by atoms with Crippen molar-refractivity contribution in [3.05, 3.63) is 12.4 Å². The zero-order valence-corrected chi connectivity index (χ0v) is 13.9. The van der Waals surface area contributed by atoms with Gasteiger partial charge in [0, 0.05) is 31.0 Å². The standard InChI is InChI=1S/C17H25N3OS/c21-16(12-22-17-18-9-11-19(17)14-7-8-14)20-10-3-5-13-4-1-2-6-15(13)20/h9,11,13-15H,1-8,10,12H2/t13-,15+/m0/s1. The van der Waals surface area contributed by atoms with Crippen LogP contribution in [0.4, 0.5) is 0 Å². The van der Waals surface area contributed by atoms with E-state index in [-0.39, 0.29) is 0 Å². The lowest BCUT2D eigenvalue weighted by molar-refractivity contribution is -0.134. The van der Waals surface area contributed by atoms with E-state index in [9.17, 15) is 4.79 Å². The lowest BCUT2D eigenvalue weighted by atomic mass is 9.78. The molecule has 1 amide bonds. The van der Waals surface area contributed by atoms with Crippen molar-refractivity contribution in [2.75, 3.05) is 12.3 Å². The van der Waals surface area contributed by atoms with Crippen LogP contribution in [0, 0.1) is 5.92 Å². The molecular weight excluding hydrogens is 294 g/mol. The molecule has 5 heteroatoms. The van der Waals surface area contributed by atoms with E-state index < -0.39 is 0 Å². The Morgan fingerprint density at radius 2 is 2.00 bits per heavy atom. The maximum absolute atomic E-state index is 12.7. The molecule has 1 aromatic rings. The summed E-state index contributed by atoms with van der Waals surface area (Å²) < 4.78 is 2.25. The predicted molar refractivity (Wildman–Crippen MR) is 87.9 cm³/mol. The SMILES string of the molecule is O=C(CSc1nccn1C1CC1)N1CCC[C@@H]2CCCC[C@H]21. The van der Waals surface area contributed by atoms with Crippen LogP contribution in [0.25, 0.3) is 0 Å². The van der Waals surface area contributed by atoms with Gasteiger partial charge in [-0.25, -0.2) is 4.98 Å². The van der Waals surface area contributed by atoms with Crippen molar-refractivity contribution >= 4 is 17.7 Å². The van der Waals surface area contributed by atoms with Crippen LogP contribution >= 0.6 is 11.8 Å². The van der Waals surface area contributed by atoms with Crippen LogP contribution in [0.5, 0.6) is 0 Å². The number of likely N-dealkylation sites (tertiary alicyclic amines) is 1. The molecule has 1 saturated heterocycles. The molecular formula is C17H25N3OS. The first-order valence-corrected chi connectivity index (χ1v) is 9.76. The molecule has 0 spiro atoms. The van der Waals surface area contributed by atoms with E-state index >= 15 is 0 Å². The fourth-order valence-electron chi connectivity index (χ4n) is 4.19. The van der Waals surface area contributed by atoms with Crippen molar-refractivity contribution in [2.24, 2.45) is 5.92 Å². The normalized spacial score (nSPS) is 28.5. The average Bonchev–Trinajstić information content (AvgIpc) is 3.30. The van der Waals surface area contributed by atoms with E-state index in [1.54, 1.807) is 11.8 Å². The number of piperidine rings is 1. The lowest BCUT2D eigenvalue weighted by Gasteiger charge is -2.44. The molecule has 4 nitrogen and oxygen atoms in total. The topological polar surface area (TPSA) is 38.1 Å². The van der Waals surface area contributed by atoms with Gasteiger partial charge in [-0.3, -0.25) is 4.79 Å². The Bertz CT molecular complexity index is 538. The summed E-state index contributed by atoms with van der Waals surface area (Å²) in [7, 11) is 0. The van der Waals surface area contributed by atoms with E-state index in [1.807, 2.05) is 6.20 Å². The monoisotopic (exact) mass is 319 g/mol. The number of hydrogen-bond donors (Lipinski definition) is 0. The first kappa shape index (κ1) is 14.6. The van der Waals surface area contributed by atoms with E-state index in [4.69, 9.17) is 0 Å². The average molecular weight is 319 g/mol. The molecule has 2 heterocycles. The molecule has 120 valence electrons. The number of imidazole rings is 1. The van der Waals surface area contributed by atoms with Gasteiger partial charge >= 0.3 is 0 Å². The van der Waals surface area contributed by atoms with Crippen LogP contribution in [0.15, 0.2) is 17.6 Å². The van der Waals surface area contributed by atoms with Crippen molar-refractivity contribution in [2.45, 2.75) is 68.6 Å². The first-order valence-electron chi connectivity index (χ1n) is 8.78. The van der Waals surface area contributed by atoms with Gasteiger partial charge in [-0.15, -0.1) is 0 Å². The third kappa shape index (κ3) is 2.92. The maximum atomic E-state index is 12.7. The van der Waals surface area contributed by atoms with Crippen LogP contribution in [-0.4, -0.2) is 38.7 Å². The Balaban J connectivity index is 1.37. The smallest absolute Gasteiger partial charge is 0.233 e. The molecule has 0 aromatic carbocycles. The molecule has 2 aliphatic carbocycles. The van der Waals surface area contributed by atoms with E-state index in [0.29, 0.717) is 23.7 Å². The fraction of sp³-hybridized carbons (Fsp3) is 0.765. The molecule has 22 heavy (non-hydrogen) atoms. The zero-order chi connectivity index (χ0) is 14.9. The minimum atomic E-state index is 0.326. The molecule has 0 unspecified atom stereocenters. The third-order valence-electron chi connectivity index (χ3n) is 5.46. The van der Waals surface area contributed by atoms with Gasteiger partial charge in [0.1, 0.15) is 0 Å². The summed E-state index contributed by atoms with van der Waals surface area (Å²) in [5, 5.41) is 1.02. The highest BCUT2D eigenvalue weighted by molar-refractivity contribution is 7.99. The second-order valence-corrected chi connectivity index (χ2v) is 7.92. The lowest BCUT2D eigenvalue weighted by Crippen LogP contribution is -2.50. The van der Waals surface area contributed by atoms with Gasteiger partial charge in [-0.1, -0.05) is 24.6 Å². The van der Waals surface area contributed by atoms with Crippen LogP contribution in [0.2, 0.25) is 0 Å². The van der Waals surface area contributed by atoms with Crippen molar-refractivity contribution in [3.8, 4) is 0 Å². The van der Waals surface area contributed by atoms with Crippen LogP contribution in [0.3, 0.4) is 0 Å². The molecule has 0 N–H and O–H groups in total. The molecule has 3 fully saturated rings. The van der Waals surface area contributed by atoms with Gasteiger partial charge in [0.2, 0.25) is 5.91 Å². The number of aromatic nitrogens is 2. The third-order valence-corrected chi connectivity index (χ3v) is 6.43. The highest BCUT2D eigenvalue weighted by atomic mass is 32.2. The molecule has 3 aliphatic rings. The minimum Gasteiger partial charge on any atom is -0.339 e. The van der Waals surface area contributed by atoms with Gasteiger partial charge in [-0.2, -0.15) is 0 Å². The van der Waals surface area contributed by atoms with E-state index in [1.165, 1.54) is 51.4 Å². The van der Waals surface area contributed by atoms with Crippen molar-refractivity contribution in [1.29, 1.82) is 0 Å².